The number of benzene rings is 1. The number of fused-ring (bicyclic) bond motifs is 1. The number of nitrogens with zero attached hydrogens (tertiary/aromatic N) is 4. The van der Waals surface area contributed by atoms with E-state index in [-0.39, 0.29) is 12.5 Å². The van der Waals surface area contributed by atoms with Crippen LogP contribution >= 0.6 is 0 Å². The highest BCUT2D eigenvalue weighted by molar-refractivity contribution is 5.60. The van der Waals surface area contributed by atoms with Crippen LogP contribution in [0.15, 0.2) is 24.3 Å². The summed E-state index contributed by atoms with van der Waals surface area (Å²) in [4.78, 5) is 13.3. The molecular weight excluding hydrogens is 298 g/mol. The molecule has 23 heavy (non-hydrogen) atoms. The van der Waals surface area contributed by atoms with Crippen molar-refractivity contribution >= 4 is 5.82 Å². The van der Waals surface area contributed by atoms with Gasteiger partial charge in [-0.05, 0) is 12.1 Å². The molecule has 2 heterocycles. The van der Waals surface area contributed by atoms with Gasteiger partial charge in [0.25, 0.3) is 0 Å². The summed E-state index contributed by atoms with van der Waals surface area (Å²) in [5, 5.41) is 0. The zero-order chi connectivity index (χ0) is 16.4. The summed E-state index contributed by atoms with van der Waals surface area (Å²) in [5.41, 5.74) is 2.68. The Morgan fingerprint density at radius 1 is 1.26 bits per heavy atom. The average Bonchev–Trinajstić information content (AvgIpc) is 2.54. The highest BCUT2D eigenvalue weighted by atomic mass is 19.1. The van der Waals surface area contributed by atoms with Crippen molar-refractivity contribution in [1.82, 2.24) is 14.9 Å². The van der Waals surface area contributed by atoms with E-state index in [2.05, 4.69) is 14.9 Å². The predicted octanol–water partition coefficient (Wildman–Crippen LogP) is 2.68. The number of hydrogen-bond donors (Lipinski definition) is 0. The second-order valence-corrected chi connectivity index (χ2v) is 5.92. The quantitative estimate of drug-likeness (QED) is 0.867. The fraction of sp³-hybridized carbons (Fsp3) is 0.412. The van der Waals surface area contributed by atoms with Gasteiger partial charge in [-0.1, -0.05) is 12.1 Å². The van der Waals surface area contributed by atoms with Crippen LogP contribution in [0.4, 0.5) is 14.6 Å². The first-order valence-electron chi connectivity index (χ1n) is 7.70. The molecule has 6 heteroatoms. The molecule has 0 aliphatic carbocycles. The molecule has 1 aromatic carbocycles. The first-order valence-corrected chi connectivity index (χ1v) is 7.70. The van der Waals surface area contributed by atoms with Crippen molar-refractivity contribution in [3.63, 3.8) is 0 Å². The van der Waals surface area contributed by atoms with Crippen LogP contribution in [0, 0.1) is 5.82 Å². The Morgan fingerprint density at radius 2 is 2.09 bits per heavy atom. The summed E-state index contributed by atoms with van der Waals surface area (Å²) in [6.07, 6.45) is 0.751. The lowest BCUT2D eigenvalue weighted by molar-refractivity contribution is 0.229. The van der Waals surface area contributed by atoms with Crippen molar-refractivity contribution < 1.29 is 8.78 Å². The first-order chi connectivity index (χ1) is 11.1. The zero-order valence-corrected chi connectivity index (χ0v) is 13.4. The molecule has 0 fully saturated rings. The molecule has 1 aliphatic rings. The third kappa shape index (κ3) is 3.32. The maximum absolute atomic E-state index is 13.5. The van der Waals surface area contributed by atoms with Crippen LogP contribution in [-0.4, -0.2) is 48.7 Å². The van der Waals surface area contributed by atoms with E-state index in [9.17, 15) is 8.78 Å². The number of alkyl halides is 1. The van der Waals surface area contributed by atoms with Crippen molar-refractivity contribution in [2.45, 2.75) is 13.0 Å². The molecule has 2 aromatic rings. The summed E-state index contributed by atoms with van der Waals surface area (Å²) < 4.78 is 26.1. The second-order valence-electron chi connectivity index (χ2n) is 5.92. The Balaban J connectivity index is 2.04. The minimum Gasteiger partial charge on any atom is -0.362 e. The third-order valence-electron chi connectivity index (χ3n) is 4.02. The molecule has 4 nitrogen and oxygen atoms in total. The van der Waals surface area contributed by atoms with Gasteiger partial charge in [-0.2, -0.15) is 0 Å². The Bertz CT molecular complexity index is 703. The van der Waals surface area contributed by atoms with Gasteiger partial charge in [0.2, 0.25) is 0 Å². The molecule has 0 atom stereocenters. The van der Waals surface area contributed by atoms with Gasteiger partial charge in [-0.15, -0.1) is 0 Å². The van der Waals surface area contributed by atoms with Gasteiger partial charge in [-0.3, -0.25) is 4.90 Å². The highest BCUT2D eigenvalue weighted by Gasteiger charge is 2.23. The normalized spacial score (nSPS) is 14.6. The maximum atomic E-state index is 13.5. The van der Waals surface area contributed by atoms with Crippen molar-refractivity contribution in [2.75, 3.05) is 38.8 Å². The Morgan fingerprint density at radius 3 is 2.78 bits per heavy atom. The van der Waals surface area contributed by atoms with E-state index < -0.39 is 0 Å². The van der Waals surface area contributed by atoms with Crippen molar-refractivity contribution in [3.05, 3.63) is 41.3 Å². The number of halogens is 2. The number of hydrogen-bond acceptors (Lipinski definition) is 4. The lowest BCUT2D eigenvalue weighted by atomic mass is 10.0. The van der Waals surface area contributed by atoms with E-state index in [0.717, 1.165) is 30.0 Å². The Labute approximate surface area is 134 Å². The maximum Gasteiger partial charge on any atom is 0.161 e. The van der Waals surface area contributed by atoms with Crippen LogP contribution in [0.25, 0.3) is 11.4 Å². The Hall–Kier alpha value is -2.08. The first kappa shape index (κ1) is 15.8. The van der Waals surface area contributed by atoms with Crippen LogP contribution in [-0.2, 0) is 13.0 Å². The van der Waals surface area contributed by atoms with Crippen molar-refractivity contribution in [3.8, 4) is 11.4 Å². The molecule has 3 rings (SSSR count). The number of rotatable bonds is 4. The lowest BCUT2D eigenvalue weighted by Crippen LogP contribution is -2.34. The van der Waals surface area contributed by atoms with Crippen LogP contribution in [0.2, 0.25) is 0 Å². The molecule has 122 valence electrons. The SMILES string of the molecule is CN(C)c1nc(-c2cccc(F)c2)nc2c1CN(CCF)CC2. The summed E-state index contributed by atoms with van der Waals surface area (Å²) >= 11 is 0. The molecule has 0 saturated heterocycles. The zero-order valence-electron chi connectivity index (χ0n) is 13.4. The van der Waals surface area contributed by atoms with Crippen LogP contribution in [0.3, 0.4) is 0 Å². The molecule has 0 unspecified atom stereocenters. The molecule has 0 radical (unpaired) electrons. The van der Waals surface area contributed by atoms with E-state index >= 15 is 0 Å². The topological polar surface area (TPSA) is 32.3 Å². The highest BCUT2D eigenvalue weighted by Crippen LogP contribution is 2.28. The van der Waals surface area contributed by atoms with Crippen molar-refractivity contribution in [2.24, 2.45) is 0 Å². The van der Waals surface area contributed by atoms with Gasteiger partial charge in [-0.25, -0.2) is 18.7 Å². The minimum absolute atomic E-state index is 0.302. The summed E-state index contributed by atoms with van der Waals surface area (Å²) in [5.74, 6) is 1.05. The van der Waals surface area contributed by atoms with Gasteiger partial charge >= 0.3 is 0 Å². The van der Waals surface area contributed by atoms with Gasteiger partial charge in [0.05, 0.1) is 5.69 Å². The van der Waals surface area contributed by atoms with Gasteiger partial charge in [0.15, 0.2) is 5.82 Å². The van der Waals surface area contributed by atoms with Gasteiger partial charge in [0, 0.05) is 51.3 Å². The number of anilines is 1. The summed E-state index contributed by atoms with van der Waals surface area (Å²) in [6, 6.07) is 6.32. The Kier molecular flexibility index (Phi) is 4.52. The van der Waals surface area contributed by atoms with E-state index in [1.54, 1.807) is 6.07 Å². The van der Waals surface area contributed by atoms with Gasteiger partial charge < -0.3 is 4.90 Å². The van der Waals surface area contributed by atoms with Crippen molar-refractivity contribution in [1.29, 1.82) is 0 Å². The molecule has 0 spiro atoms. The second kappa shape index (κ2) is 6.58. The number of aromatic nitrogens is 2. The van der Waals surface area contributed by atoms with Crippen LogP contribution in [0.5, 0.6) is 0 Å². The minimum atomic E-state index is -0.352. The molecule has 1 aliphatic heterocycles. The third-order valence-corrected chi connectivity index (χ3v) is 4.02. The smallest absolute Gasteiger partial charge is 0.161 e. The molecule has 0 N–H and O–H groups in total. The van der Waals surface area contributed by atoms with Gasteiger partial charge in [0.1, 0.15) is 18.3 Å². The molecular formula is C17H20F2N4. The largest absolute Gasteiger partial charge is 0.362 e. The molecule has 0 amide bonds. The van der Waals surface area contributed by atoms with Crippen LogP contribution < -0.4 is 4.90 Å². The van der Waals surface area contributed by atoms with E-state index in [0.29, 0.717) is 24.5 Å². The standard InChI is InChI=1S/C17H20F2N4/c1-22(2)17-14-11-23(9-7-18)8-6-15(14)20-16(21-17)12-4-3-5-13(19)10-12/h3-5,10H,6-9,11H2,1-2H3. The molecule has 0 bridgehead atoms. The molecule has 0 saturated carbocycles. The summed E-state index contributed by atoms with van der Waals surface area (Å²) in [6.45, 7) is 1.51. The average molecular weight is 318 g/mol. The molecule has 1 aromatic heterocycles. The lowest BCUT2D eigenvalue weighted by Gasteiger charge is -2.30. The van der Waals surface area contributed by atoms with Crippen LogP contribution in [0.1, 0.15) is 11.3 Å². The van der Waals surface area contributed by atoms with E-state index in [1.807, 2.05) is 25.1 Å². The predicted molar refractivity (Wildman–Crippen MR) is 86.7 cm³/mol. The summed E-state index contributed by atoms with van der Waals surface area (Å²) in [7, 11) is 3.85. The fourth-order valence-corrected chi connectivity index (χ4v) is 2.89. The van der Waals surface area contributed by atoms with E-state index in [4.69, 9.17) is 0 Å². The monoisotopic (exact) mass is 318 g/mol. The fourth-order valence-electron chi connectivity index (χ4n) is 2.89. The van der Waals surface area contributed by atoms with E-state index in [1.165, 1.54) is 12.1 Å².